The molecule has 112 valence electrons. The van der Waals surface area contributed by atoms with Crippen LogP contribution in [0.5, 0.6) is 0 Å². The average Bonchev–Trinajstić information content (AvgIpc) is 2.93. The van der Waals surface area contributed by atoms with Gasteiger partial charge in [-0.25, -0.2) is 0 Å². The molecule has 2 aliphatic carbocycles. The first-order valence-electron chi connectivity index (χ1n) is 7.62. The Morgan fingerprint density at radius 3 is 2.67 bits per heavy atom. The normalized spacial score (nSPS) is 43.3. The summed E-state index contributed by atoms with van der Waals surface area (Å²) in [5.74, 6) is 0.630. The van der Waals surface area contributed by atoms with E-state index in [0.29, 0.717) is 17.5 Å². The van der Waals surface area contributed by atoms with Crippen molar-refractivity contribution in [2.75, 3.05) is 11.9 Å². The molecule has 1 heterocycles. The zero-order chi connectivity index (χ0) is 14.9. The van der Waals surface area contributed by atoms with E-state index in [1.807, 2.05) is 12.1 Å². The topological polar surface area (TPSA) is 38.3 Å². The van der Waals surface area contributed by atoms with Crippen LogP contribution in [0.2, 0.25) is 5.02 Å². The summed E-state index contributed by atoms with van der Waals surface area (Å²) < 4.78 is 6.10. The molecule has 3 fully saturated rings. The maximum absolute atomic E-state index is 12.9. The van der Waals surface area contributed by atoms with Crippen LogP contribution in [-0.2, 0) is 9.53 Å². The Morgan fingerprint density at radius 2 is 2.05 bits per heavy atom. The summed E-state index contributed by atoms with van der Waals surface area (Å²) in [5.41, 5.74) is 0.248. The summed E-state index contributed by atoms with van der Waals surface area (Å²) in [6, 6.07) is 7.25. The van der Waals surface area contributed by atoms with Crippen molar-refractivity contribution < 1.29 is 9.53 Å². The van der Waals surface area contributed by atoms with Gasteiger partial charge in [0, 0.05) is 21.5 Å². The van der Waals surface area contributed by atoms with Gasteiger partial charge in [-0.05, 0) is 49.4 Å². The van der Waals surface area contributed by atoms with Gasteiger partial charge in [0.1, 0.15) is 0 Å². The molecule has 1 saturated heterocycles. The Morgan fingerprint density at radius 1 is 1.33 bits per heavy atom. The van der Waals surface area contributed by atoms with Gasteiger partial charge in [-0.3, -0.25) is 4.79 Å². The lowest BCUT2D eigenvalue weighted by Crippen LogP contribution is -2.52. The van der Waals surface area contributed by atoms with Crippen molar-refractivity contribution >= 4 is 23.2 Å². The van der Waals surface area contributed by atoms with Gasteiger partial charge >= 0.3 is 0 Å². The summed E-state index contributed by atoms with van der Waals surface area (Å²) in [6.45, 7) is 5.26. The molecule has 1 amide bonds. The van der Waals surface area contributed by atoms with Crippen LogP contribution in [0.15, 0.2) is 24.3 Å². The Hall–Kier alpha value is -1.06. The minimum Gasteiger partial charge on any atom is -0.364 e. The third kappa shape index (κ3) is 1.46. The number of rotatable bonds is 2. The highest BCUT2D eigenvalue weighted by Crippen LogP contribution is 2.75. The monoisotopic (exact) mass is 305 g/mol. The molecule has 4 bridgehead atoms. The van der Waals surface area contributed by atoms with Gasteiger partial charge in [-0.1, -0.05) is 25.4 Å². The van der Waals surface area contributed by atoms with Gasteiger partial charge in [-0.15, -0.1) is 0 Å². The quantitative estimate of drug-likeness (QED) is 0.900. The van der Waals surface area contributed by atoms with Crippen molar-refractivity contribution in [2.45, 2.75) is 38.7 Å². The Kier molecular flexibility index (Phi) is 2.60. The van der Waals surface area contributed by atoms with Crippen LogP contribution in [-0.4, -0.2) is 18.1 Å². The zero-order valence-corrected chi connectivity index (χ0v) is 13.2. The highest BCUT2D eigenvalue weighted by molar-refractivity contribution is 6.30. The second kappa shape index (κ2) is 4.02. The molecule has 21 heavy (non-hydrogen) atoms. The number of anilines is 1. The third-order valence-electron chi connectivity index (χ3n) is 6.67. The number of ether oxygens (including phenoxy) is 1. The van der Waals surface area contributed by atoms with Gasteiger partial charge in [0.25, 0.3) is 5.91 Å². The number of hydrogen-bond acceptors (Lipinski definition) is 2. The van der Waals surface area contributed by atoms with Crippen molar-refractivity contribution in [1.82, 2.24) is 0 Å². The van der Waals surface area contributed by atoms with Gasteiger partial charge in [0.2, 0.25) is 0 Å². The van der Waals surface area contributed by atoms with Gasteiger partial charge < -0.3 is 10.1 Å². The number of halogens is 1. The van der Waals surface area contributed by atoms with E-state index < -0.39 is 5.60 Å². The molecule has 1 N–H and O–H groups in total. The molecule has 1 aromatic carbocycles. The molecule has 1 aromatic rings. The van der Waals surface area contributed by atoms with E-state index in [0.717, 1.165) is 18.5 Å². The molecule has 4 rings (SSSR count). The first kappa shape index (κ1) is 13.6. The van der Waals surface area contributed by atoms with Crippen molar-refractivity contribution in [3.05, 3.63) is 29.3 Å². The summed E-state index contributed by atoms with van der Waals surface area (Å²) in [4.78, 5) is 12.9. The van der Waals surface area contributed by atoms with Crippen LogP contribution in [0.4, 0.5) is 5.69 Å². The molecule has 0 aromatic heterocycles. The third-order valence-corrected chi connectivity index (χ3v) is 6.92. The van der Waals surface area contributed by atoms with E-state index in [9.17, 15) is 4.79 Å². The lowest BCUT2D eigenvalue weighted by Gasteiger charge is -2.39. The number of amides is 1. The van der Waals surface area contributed by atoms with Gasteiger partial charge in [-0.2, -0.15) is 0 Å². The Balaban J connectivity index is 1.65. The highest BCUT2D eigenvalue weighted by Gasteiger charge is 2.78. The average molecular weight is 306 g/mol. The van der Waals surface area contributed by atoms with Crippen molar-refractivity contribution in [3.8, 4) is 0 Å². The highest BCUT2D eigenvalue weighted by atomic mass is 35.5. The smallest absolute Gasteiger partial charge is 0.257 e. The maximum Gasteiger partial charge on any atom is 0.257 e. The minimum absolute atomic E-state index is 0.0123. The molecule has 4 heteroatoms. The maximum atomic E-state index is 12.9. The van der Waals surface area contributed by atoms with Crippen LogP contribution in [0.1, 0.15) is 33.1 Å². The molecule has 1 aliphatic heterocycles. The van der Waals surface area contributed by atoms with Crippen molar-refractivity contribution in [1.29, 1.82) is 0 Å². The number of carbonyl (C=O) groups excluding carboxylic acids is 1. The van der Waals surface area contributed by atoms with E-state index in [-0.39, 0.29) is 16.7 Å². The predicted molar refractivity (Wildman–Crippen MR) is 82.3 cm³/mol. The van der Waals surface area contributed by atoms with E-state index in [4.69, 9.17) is 16.3 Å². The first-order valence-corrected chi connectivity index (χ1v) is 8.00. The van der Waals surface area contributed by atoms with E-state index in [1.165, 1.54) is 6.42 Å². The second-order valence-corrected chi connectivity index (χ2v) is 7.70. The molecule has 0 spiro atoms. The standard InChI is InChI=1S/C17H20ClNO2/c1-15-10-21-17(9-11(15)7-8-16(15,17)2)14(20)19-13-5-3-12(18)4-6-13/h3-6,11H,7-10H2,1-2H3,(H,19,20)/t11-,15-,16-,17-/m0/s1. The number of hydrogen-bond donors (Lipinski definition) is 1. The molecule has 3 aliphatic rings. The number of nitrogens with one attached hydrogen (secondary N) is 1. The summed E-state index contributed by atoms with van der Waals surface area (Å²) in [6.07, 6.45) is 3.17. The van der Waals surface area contributed by atoms with Crippen molar-refractivity contribution in [2.24, 2.45) is 16.7 Å². The number of benzene rings is 1. The molecule has 4 atom stereocenters. The Bertz CT molecular complexity index is 616. The molecular weight excluding hydrogens is 286 g/mol. The Labute approximate surface area is 130 Å². The fourth-order valence-electron chi connectivity index (χ4n) is 5.02. The van der Waals surface area contributed by atoms with Crippen LogP contribution in [0, 0.1) is 16.7 Å². The van der Waals surface area contributed by atoms with E-state index in [2.05, 4.69) is 19.2 Å². The van der Waals surface area contributed by atoms with Gasteiger partial charge in [0.05, 0.1) is 6.61 Å². The SMILES string of the molecule is C[C@@]12CC[C@H]3C[C@@]1(C(=O)Nc1ccc(Cl)cc1)OC[C@@]32C. The summed E-state index contributed by atoms with van der Waals surface area (Å²) >= 11 is 5.89. The minimum atomic E-state index is -0.649. The zero-order valence-electron chi connectivity index (χ0n) is 12.4. The summed E-state index contributed by atoms with van der Waals surface area (Å²) in [5, 5.41) is 3.70. The molecule has 3 nitrogen and oxygen atoms in total. The van der Waals surface area contributed by atoms with Crippen LogP contribution in [0.3, 0.4) is 0 Å². The molecule has 0 radical (unpaired) electrons. The first-order chi connectivity index (χ1) is 9.91. The fourth-order valence-corrected chi connectivity index (χ4v) is 5.15. The fraction of sp³-hybridized carbons (Fsp3) is 0.588. The largest absolute Gasteiger partial charge is 0.364 e. The molecular formula is C17H20ClNO2. The van der Waals surface area contributed by atoms with E-state index >= 15 is 0 Å². The second-order valence-electron chi connectivity index (χ2n) is 7.27. The van der Waals surface area contributed by atoms with Crippen LogP contribution >= 0.6 is 11.6 Å². The lowest BCUT2D eigenvalue weighted by atomic mass is 9.66. The van der Waals surface area contributed by atoms with E-state index in [1.54, 1.807) is 12.1 Å². The van der Waals surface area contributed by atoms with Crippen LogP contribution in [0.25, 0.3) is 0 Å². The molecule has 0 unspecified atom stereocenters. The molecule has 2 saturated carbocycles. The summed E-state index contributed by atoms with van der Waals surface area (Å²) in [7, 11) is 0. The predicted octanol–water partition coefficient (Wildman–Crippen LogP) is 3.87. The van der Waals surface area contributed by atoms with Crippen LogP contribution < -0.4 is 5.32 Å². The lowest BCUT2D eigenvalue weighted by molar-refractivity contribution is -0.149. The number of carbonyl (C=O) groups is 1. The van der Waals surface area contributed by atoms with Crippen molar-refractivity contribution in [3.63, 3.8) is 0 Å². The van der Waals surface area contributed by atoms with Gasteiger partial charge in [0.15, 0.2) is 5.60 Å².